The van der Waals surface area contributed by atoms with Gasteiger partial charge >= 0.3 is 0 Å². The molecule has 4 nitrogen and oxygen atoms in total. The van der Waals surface area contributed by atoms with Gasteiger partial charge in [0.05, 0.1) is 12.1 Å². The van der Waals surface area contributed by atoms with E-state index in [9.17, 15) is 9.18 Å². The maximum Gasteiger partial charge on any atom is 0.246 e. The van der Waals surface area contributed by atoms with Crippen molar-refractivity contribution in [1.82, 2.24) is 5.32 Å². The highest BCUT2D eigenvalue weighted by Crippen LogP contribution is 2.28. The van der Waals surface area contributed by atoms with Crippen LogP contribution >= 0.6 is 11.6 Å². The highest BCUT2D eigenvalue weighted by molar-refractivity contribution is 6.32. The van der Waals surface area contributed by atoms with Gasteiger partial charge in [0.25, 0.3) is 0 Å². The summed E-state index contributed by atoms with van der Waals surface area (Å²) in [5.41, 5.74) is 1.81. The van der Waals surface area contributed by atoms with Crippen molar-refractivity contribution in [1.29, 1.82) is 0 Å². The van der Waals surface area contributed by atoms with Gasteiger partial charge in [0.1, 0.15) is 17.6 Å². The third-order valence-electron chi connectivity index (χ3n) is 4.60. The second kappa shape index (κ2) is 9.54. The SMILES string of the molecule is COc1ccc(NC(=O)C(NC(C)c2ccccc2F)c2ccccc2)cc1Cl. The molecule has 0 aliphatic carbocycles. The number of rotatable bonds is 7. The van der Waals surface area contributed by atoms with Crippen LogP contribution in [0.5, 0.6) is 5.75 Å². The molecule has 3 aromatic rings. The Labute approximate surface area is 174 Å². The van der Waals surface area contributed by atoms with E-state index in [4.69, 9.17) is 16.3 Å². The first-order valence-corrected chi connectivity index (χ1v) is 9.57. The van der Waals surface area contributed by atoms with Crippen molar-refractivity contribution >= 4 is 23.2 Å². The minimum absolute atomic E-state index is 0.277. The van der Waals surface area contributed by atoms with Gasteiger partial charge in [-0.3, -0.25) is 10.1 Å². The van der Waals surface area contributed by atoms with Crippen LogP contribution in [0, 0.1) is 5.82 Å². The normalized spacial score (nSPS) is 12.8. The standard InChI is InChI=1S/C23H22ClFN2O2/c1-15(18-10-6-7-11-20(18)25)26-22(16-8-4-3-5-9-16)23(28)27-17-12-13-21(29-2)19(24)14-17/h3-15,22,26H,1-2H3,(H,27,28). The van der Waals surface area contributed by atoms with Crippen LogP contribution in [0.25, 0.3) is 0 Å². The molecule has 0 heterocycles. The van der Waals surface area contributed by atoms with Gasteiger partial charge in [0.15, 0.2) is 0 Å². The zero-order valence-electron chi connectivity index (χ0n) is 16.2. The van der Waals surface area contributed by atoms with Gasteiger partial charge < -0.3 is 10.1 Å². The number of hydrogen-bond donors (Lipinski definition) is 2. The lowest BCUT2D eigenvalue weighted by Crippen LogP contribution is -2.35. The molecular weight excluding hydrogens is 391 g/mol. The summed E-state index contributed by atoms with van der Waals surface area (Å²) in [7, 11) is 1.53. The Morgan fingerprint density at radius 2 is 1.72 bits per heavy atom. The molecule has 0 aromatic heterocycles. The molecule has 2 N–H and O–H groups in total. The maximum atomic E-state index is 14.2. The highest BCUT2D eigenvalue weighted by Gasteiger charge is 2.24. The monoisotopic (exact) mass is 412 g/mol. The third-order valence-corrected chi connectivity index (χ3v) is 4.90. The fourth-order valence-electron chi connectivity index (χ4n) is 3.09. The molecule has 150 valence electrons. The highest BCUT2D eigenvalue weighted by atomic mass is 35.5. The molecule has 0 saturated heterocycles. The van der Waals surface area contributed by atoms with E-state index < -0.39 is 6.04 Å². The van der Waals surface area contributed by atoms with Crippen molar-refractivity contribution in [2.75, 3.05) is 12.4 Å². The molecule has 0 spiro atoms. The van der Waals surface area contributed by atoms with Crippen LogP contribution in [0.1, 0.15) is 30.1 Å². The molecule has 0 aliphatic rings. The predicted octanol–water partition coefficient (Wildman–Crippen LogP) is 5.52. The minimum Gasteiger partial charge on any atom is -0.495 e. The number of carbonyl (C=O) groups excluding carboxylic acids is 1. The van der Waals surface area contributed by atoms with Crippen molar-refractivity contribution in [2.24, 2.45) is 0 Å². The van der Waals surface area contributed by atoms with Crippen LogP contribution in [0.15, 0.2) is 72.8 Å². The first kappa shape index (κ1) is 20.8. The van der Waals surface area contributed by atoms with Crippen LogP contribution in [0.3, 0.4) is 0 Å². The molecule has 2 atom stereocenters. The van der Waals surface area contributed by atoms with Crippen molar-refractivity contribution < 1.29 is 13.9 Å². The van der Waals surface area contributed by atoms with Crippen LogP contribution < -0.4 is 15.4 Å². The van der Waals surface area contributed by atoms with Gasteiger partial charge in [-0.1, -0.05) is 60.1 Å². The quantitative estimate of drug-likeness (QED) is 0.537. The molecule has 3 rings (SSSR count). The zero-order valence-corrected chi connectivity index (χ0v) is 16.9. The summed E-state index contributed by atoms with van der Waals surface area (Å²) in [5.74, 6) is -0.0714. The average molecular weight is 413 g/mol. The van der Waals surface area contributed by atoms with E-state index in [1.807, 2.05) is 37.3 Å². The molecule has 3 aromatic carbocycles. The number of methoxy groups -OCH3 is 1. The number of halogens is 2. The molecule has 29 heavy (non-hydrogen) atoms. The lowest BCUT2D eigenvalue weighted by atomic mass is 10.0. The summed E-state index contributed by atoms with van der Waals surface area (Å²) in [6.45, 7) is 1.83. The number of ether oxygens (including phenoxy) is 1. The fourth-order valence-corrected chi connectivity index (χ4v) is 3.35. The Balaban J connectivity index is 1.84. The number of hydrogen-bond acceptors (Lipinski definition) is 3. The van der Waals surface area contributed by atoms with Gasteiger partial charge in [0, 0.05) is 17.3 Å². The summed E-state index contributed by atoms with van der Waals surface area (Å²) in [6.07, 6.45) is 0. The van der Waals surface area contributed by atoms with Crippen molar-refractivity contribution in [2.45, 2.75) is 19.0 Å². The van der Waals surface area contributed by atoms with E-state index >= 15 is 0 Å². The van der Waals surface area contributed by atoms with Gasteiger partial charge in [-0.25, -0.2) is 4.39 Å². The molecular formula is C23H22ClFN2O2. The van der Waals surface area contributed by atoms with E-state index in [1.54, 1.807) is 36.4 Å². The molecule has 0 bridgehead atoms. The molecule has 0 aliphatic heterocycles. The smallest absolute Gasteiger partial charge is 0.246 e. The fraction of sp³-hybridized carbons (Fsp3) is 0.174. The number of benzene rings is 3. The zero-order chi connectivity index (χ0) is 20.8. The Kier molecular flexibility index (Phi) is 6.86. The topological polar surface area (TPSA) is 50.4 Å². The summed E-state index contributed by atoms with van der Waals surface area (Å²) < 4.78 is 19.3. The largest absolute Gasteiger partial charge is 0.495 e. The number of nitrogens with one attached hydrogen (secondary N) is 2. The summed E-state index contributed by atoms with van der Waals surface area (Å²) >= 11 is 6.16. The maximum absolute atomic E-state index is 14.2. The van der Waals surface area contributed by atoms with Gasteiger partial charge in [-0.05, 0) is 36.8 Å². The lowest BCUT2D eigenvalue weighted by Gasteiger charge is -2.24. The first-order valence-electron chi connectivity index (χ1n) is 9.19. The van der Waals surface area contributed by atoms with Crippen LogP contribution in [-0.4, -0.2) is 13.0 Å². The molecule has 2 unspecified atom stereocenters. The molecule has 1 amide bonds. The van der Waals surface area contributed by atoms with Crippen molar-refractivity contribution in [3.05, 3.63) is 94.8 Å². The van der Waals surface area contributed by atoms with E-state index in [1.165, 1.54) is 13.2 Å². The summed E-state index contributed by atoms with van der Waals surface area (Å²) in [4.78, 5) is 13.1. The van der Waals surface area contributed by atoms with Crippen LogP contribution in [0.4, 0.5) is 10.1 Å². The molecule has 6 heteroatoms. The molecule has 0 fully saturated rings. The number of carbonyl (C=O) groups is 1. The Morgan fingerprint density at radius 3 is 2.38 bits per heavy atom. The Morgan fingerprint density at radius 1 is 1.03 bits per heavy atom. The van der Waals surface area contributed by atoms with E-state index in [0.717, 1.165) is 5.56 Å². The third kappa shape index (κ3) is 5.13. The number of amides is 1. The minimum atomic E-state index is -0.688. The van der Waals surface area contributed by atoms with Crippen molar-refractivity contribution in [3.8, 4) is 5.75 Å². The number of anilines is 1. The van der Waals surface area contributed by atoms with Crippen molar-refractivity contribution in [3.63, 3.8) is 0 Å². The Bertz CT molecular complexity index is 982. The van der Waals surface area contributed by atoms with E-state index in [0.29, 0.717) is 22.0 Å². The molecule has 0 radical (unpaired) electrons. The lowest BCUT2D eigenvalue weighted by molar-refractivity contribution is -0.118. The van der Waals surface area contributed by atoms with Crippen LogP contribution in [-0.2, 0) is 4.79 Å². The van der Waals surface area contributed by atoms with Crippen LogP contribution in [0.2, 0.25) is 5.02 Å². The Hall–Kier alpha value is -2.89. The second-order valence-corrected chi connectivity index (χ2v) is 7.00. The van der Waals surface area contributed by atoms with Gasteiger partial charge in [0.2, 0.25) is 5.91 Å². The van der Waals surface area contributed by atoms with Gasteiger partial charge in [-0.2, -0.15) is 0 Å². The van der Waals surface area contributed by atoms with Gasteiger partial charge in [-0.15, -0.1) is 0 Å². The second-order valence-electron chi connectivity index (χ2n) is 6.59. The first-order chi connectivity index (χ1) is 14.0. The summed E-state index contributed by atoms with van der Waals surface area (Å²) in [5, 5.41) is 6.50. The predicted molar refractivity (Wildman–Crippen MR) is 114 cm³/mol. The molecule has 0 saturated carbocycles. The average Bonchev–Trinajstić information content (AvgIpc) is 2.73. The summed E-state index contributed by atoms with van der Waals surface area (Å²) in [6, 6.07) is 19.8. The van der Waals surface area contributed by atoms with E-state index in [-0.39, 0.29) is 17.8 Å². The van der Waals surface area contributed by atoms with E-state index in [2.05, 4.69) is 10.6 Å².